The molecule has 8 heteroatoms. The quantitative estimate of drug-likeness (QED) is 0.810. The third-order valence-corrected chi connectivity index (χ3v) is 6.53. The molecule has 1 aromatic heterocycles. The van der Waals surface area contributed by atoms with Crippen LogP contribution in [0.2, 0.25) is 5.02 Å². The lowest BCUT2D eigenvalue weighted by molar-refractivity contribution is 0.109. The van der Waals surface area contributed by atoms with E-state index in [1.807, 2.05) is 19.3 Å². The number of nitrogens with one attached hydrogen (secondary N) is 1. The Labute approximate surface area is 160 Å². The monoisotopic (exact) mass is 396 g/mol. The highest BCUT2D eigenvalue weighted by molar-refractivity contribution is 7.89. The Kier molecular flexibility index (Phi) is 6.04. The summed E-state index contributed by atoms with van der Waals surface area (Å²) in [7, 11) is 0.486. The van der Waals surface area contributed by atoms with Crippen molar-refractivity contribution in [2.45, 2.75) is 10.9 Å². The molecule has 0 amide bonds. The van der Waals surface area contributed by atoms with E-state index in [0.717, 1.165) is 31.9 Å². The van der Waals surface area contributed by atoms with E-state index >= 15 is 0 Å². The van der Waals surface area contributed by atoms with Crippen LogP contribution < -0.4 is 4.72 Å². The molecule has 6 nitrogen and oxygen atoms in total. The Morgan fingerprint density at radius 1 is 1.12 bits per heavy atom. The molecule has 1 N–H and O–H groups in total. The van der Waals surface area contributed by atoms with Crippen LogP contribution in [0.3, 0.4) is 0 Å². The van der Waals surface area contributed by atoms with Crippen molar-refractivity contribution in [2.24, 2.45) is 7.05 Å². The van der Waals surface area contributed by atoms with Gasteiger partial charge in [0, 0.05) is 56.7 Å². The SMILES string of the molecule is CN1CCN([C@@H](CNS(=O)(=O)c2cccc(Cl)c2)c2cccn2C)CC1. The van der Waals surface area contributed by atoms with Gasteiger partial charge in [0.05, 0.1) is 10.9 Å². The normalized spacial score (nSPS) is 18.1. The maximum atomic E-state index is 12.7. The van der Waals surface area contributed by atoms with Crippen LogP contribution in [0, 0.1) is 0 Å². The summed E-state index contributed by atoms with van der Waals surface area (Å²) in [6.07, 6.45) is 1.99. The minimum Gasteiger partial charge on any atom is -0.353 e. The summed E-state index contributed by atoms with van der Waals surface area (Å²) in [5.74, 6) is 0. The second kappa shape index (κ2) is 8.10. The van der Waals surface area contributed by atoms with Gasteiger partial charge in [-0.15, -0.1) is 0 Å². The molecule has 0 radical (unpaired) electrons. The summed E-state index contributed by atoms with van der Waals surface area (Å²) in [5, 5.41) is 0.408. The van der Waals surface area contributed by atoms with Crippen molar-refractivity contribution in [1.82, 2.24) is 19.1 Å². The Bertz CT molecular complexity index is 844. The third-order valence-electron chi connectivity index (χ3n) is 4.88. The zero-order chi connectivity index (χ0) is 18.7. The van der Waals surface area contributed by atoms with E-state index in [2.05, 4.69) is 32.2 Å². The van der Waals surface area contributed by atoms with Crippen LogP contribution >= 0.6 is 11.6 Å². The zero-order valence-electron chi connectivity index (χ0n) is 15.1. The summed E-state index contributed by atoms with van der Waals surface area (Å²) in [4.78, 5) is 4.82. The largest absolute Gasteiger partial charge is 0.353 e. The highest BCUT2D eigenvalue weighted by Crippen LogP contribution is 2.23. The van der Waals surface area contributed by atoms with Gasteiger partial charge in [0.1, 0.15) is 0 Å². The van der Waals surface area contributed by atoms with Crippen LogP contribution in [0.5, 0.6) is 0 Å². The minimum atomic E-state index is -3.61. The number of hydrogen-bond donors (Lipinski definition) is 1. The van der Waals surface area contributed by atoms with E-state index in [0.29, 0.717) is 11.6 Å². The number of likely N-dealkylation sites (N-methyl/N-ethyl adjacent to an activating group) is 1. The van der Waals surface area contributed by atoms with Gasteiger partial charge in [-0.1, -0.05) is 17.7 Å². The molecule has 0 saturated carbocycles. The lowest BCUT2D eigenvalue weighted by Crippen LogP contribution is -2.48. The molecule has 2 aromatic rings. The number of sulfonamides is 1. The van der Waals surface area contributed by atoms with Gasteiger partial charge in [-0.05, 0) is 37.4 Å². The molecule has 1 aromatic carbocycles. The first-order valence-electron chi connectivity index (χ1n) is 8.66. The van der Waals surface area contributed by atoms with Gasteiger partial charge in [-0.2, -0.15) is 0 Å². The van der Waals surface area contributed by atoms with Crippen LogP contribution in [0.25, 0.3) is 0 Å². The molecule has 0 spiro atoms. The molecule has 3 rings (SSSR count). The lowest BCUT2D eigenvalue weighted by atomic mass is 10.1. The van der Waals surface area contributed by atoms with Crippen LogP contribution in [0.4, 0.5) is 0 Å². The maximum absolute atomic E-state index is 12.7. The molecule has 0 unspecified atom stereocenters. The maximum Gasteiger partial charge on any atom is 0.240 e. The Hall–Kier alpha value is -1.38. The lowest BCUT2D eigenvalue weighted by Gasteiger charge is -2.38. The highest BCUT2D eigenvalue weighted by atomic mass is 35.5. The van der Waals surface area contributed by atoms with E-state index in [1.54, 1.807) is 18.2 Å². The fraction of sp³-hybridized carbons (Fsp3) is 0.444. The van der Waals surface area contributed by atoms with Gasteiger partial charge in [-0.3, -0.25) is 4.90 Å². The van der Waals surface area contributed by atoms with E-state index in [9.17, 15) is 8.42 Å². The number of halogens is 1. The molecule has 142 valence electrons. The molecule has 1 aliphatic rings. The smallest absolute Gasteiger partial charge is 0.240 e. The van der Waals surface area contributed by atoms with Gasteiger partial charge in [0.15, 0.2) is 0 Å². The second-order valence-electron chi connectivity index (χ2n) is 6.71. The van der Waals surface area contributed by atoms with Gasteiger partial charge in [0.2, 0.25) is 10.0 Å². The predicted molar refractivity (Wildman–Crippen MR) is 104 cm³/mol. The summed E-state index contributed by atoms with van der Waals surface area (Å²) in [5.41, 5.74) is 1.10. The first-order valence-corrected chi connectivity index (χ1v) is 10.5. The van der Waals surface area contributed by atoms with E-state index < -0.39 is 10.0 Å². The minimum absolute atomic E-state index is 0.0161. The highest BCUT2D eigenvalue weighted by Gasteiger charge is 2.27. The molecule has 2 heterocycles. The summed E-state index contributed by atoms with van der Waals surface area (Å²) in [6.45, 7) is 4.08. The molecule has 0 bridgehead atoms. The molecule has 1 aliphatic heterocycles. The van der Waals surface area contributed by atoms with Crippen molar-refractivity contribution in [3.05, 3.63) is 53.3 Å². The summed E-state index contributed by atoms with van der Waals surface area (Å²) >= 11 is 5.94. The topological polar surface area (TPSA) is 57.6 Å². The van der Waals surface area contributed by atoms with Crippen LogP contribution in [0.15, 0.2) is 47.5 Å². The van der Waals surface area contributed by atoms with Gasteiger partial charge in [0.25, 0.3) is 0 Å². The van der Waals surface area contributed by atoms with Crippen molar-refractivity contribution in [2.75, 3.05) is 39.8 Å². The van der Waals surface area contributed by atoms with Crippen molar-refractivity contribution in [1.29, 1.82) is 0 Å². The number of benzene rings is 1. The third kappa shape index (κ3) is 4.47. The van der Waals surface area contributed by atoms with Gasteiger partial charge >= 0.3 is 0 Å². The molecular formula is C18H25ClN4O2S. The zero-order valence-corrected chi connectivity index (χ0v) is 16.7. The van der Waals surface area contributed by atoms with Gasteiger partial charge in [-0.25, -0.2) is 13.1 Å². The number of aromatic nitrogens is 1. The Balaban J connectivity index is 1.79. The Morgan fingerprint density at radius 3 is 2.46 bits per heavy atom. The summed E-state index contributed by atoms with van der Waals surface area (Å²) < 4.78 is 30.2. The van der Waals surface area contributed by atoms with E-state index in [4.69, 9.17) is 11.6 Å². The molecule has 1 saturated heterocycles. The second-order valence-corrected chi connectivity index (χ2v) is 8.91. The number of piperazine rings is 1. The Morgan fingerprint density at radius 2 is 1.85 bits per heavy atom. The van der Waals surface area contributed by atoms with E-state index in [-0.39, 0.29) is 10.9 Å². The predicted octanol–water partition coefficient (Wildman–Crippen LogP) is 1.95. The number of nitrogens with zero attached hydrogens (tertiary/aromatic N) is 3. The van der Waals surface area contributed by atoms with Crippen molar-refractivity contribution >= 4 is 21.6 Å². The number of aryl methyl sites for hydroxylation is 1. The van der Waals surface area contributed by atoms with Gasteiger partial charge < -0.3 is 9.47 Å². The van der Waals surface area contributed by atoms with Crippen molar-refractivity contribution in [3.8, 4) is 0 Å². The van der Waals surface area contributed by atoms with Crippen molar-refractivity contribution < 1.29 is 8.42 Å². The number of hydrogen-bond acceptors (Lipinski definition) is 4. The first kappa shape index (κ1) is 19.4. The number of rotatable bonds is 6. The average molecular weight is 397 g/mol. The summed E-state index contributed by atoms with van der Waals surface area (Å²) in [6, 6.07) is 10.4. The standard InChI is InChI=1S/C18H25ClN4O2S/c1-21-9-11-23(12-10-21)18(17-7-4-8-22(17)2)14-20-26(24,25)16-6-3-5-15(19)13-16/h3-8,13,18,20H,9-12,14H2,1-2H3/t18-/m0/s1. The molecule has 26 heavy (non-hydrogen) atoms. The van der Waals surface area contributed by atoms with Crippen LogP contribution in [0.1, 0.15) is 11.7 Å². The molecule has 1 atom stereocenters. The molecular weight excluding hydrogens is 372 g/mol. The average Bonchev–Trinajstić information content (AvgIpc) is 3.02. The first-order chi connectivity index (χ1) is 12.4. The molecule has 1 fully saturated rings. The fourth-order valence-corrected chi connectivity index (χ4v) is 4.62. The van der Waals surface area contributed by atoms with Crippen molar-refractivity contribution in [3.63, 3.8) is 0 Å². The fourth-order valence-electron chi connectivity index (χ4n) is 3.28. The van der Waals surface area contributed by atoms with Crippen LogP contribution in [-0.4, -0.2) is 62.6 Å². The van der Waals surface area contributed by atoms with Crippen LogP contribution in [-0.2, 0) is 17.1 Å². The van der Waals surface area contributed by atoms with E-state index in [1.165, 1.54) is 6.07 Å². The molecule has 0 aliphatic carbocycles.